The highest BCUT2D eigenvalue weighted by Crippen LogP contribution is 2.44. The molecule has 3 heteroatoms. The van der Waals surface area contributed by atoms with Gasteiger partial charge in [-0.1, -0.05) is 20.3 Å². The van der Waals surface area contributed by atoms with E-state index in [1.165, 1.54) is 12.8 Å². The van der Waals surface area contributed by atoms with Gasteiger partial charge in [-0.2, -0.15) is 0 Å². The van der Waals surface area contributed by atoms with Crippen molar-refractivity contribution < 1.29 is 4.79 Å². The van der Waals surface area contributed by atoms with Crippen molar-refractivity contribution in [3.05, 3.63) is 0 Å². The lowest BCUT2D eigenvalue weighted by molar-refractivity contribution is -0.124. The zero-order valence-electron chi connectivity index (χ0n) is 9.10. The fourth-order valence-electron chi connectivity index (χ4n) is 2.06. The van der Waals surface area contributed by atoms with Crippen molar-refractivity contribution in [1.82, 2.24) is 10.6 Å². The van der Waals surface area contributed by atoms with Crippen molar-refractivity contribution in [2.75, 3.05) is 6.54 Å². The Balaban J connectivity index is 1.78. The molecule has 1 saturated carbocycles. The Hall–Kier alpha value is -0.570. The molecule has 0 radical (unpaired) electrons. The first-order valence-electron chi connectivity index (χ1n) is 5.63. The molecule has 2 fully saturated rings. The molecule has 1 aliphatic carbocycles. The zero-order chi connectivity index (χ0) is 10.2. The van der Waals surface area contributed by atoms with Crippen molar-refractivity contribution in [3.63, 3.8) is 0 Å². The van der Waals surface area contributed by atoms with Gasteiger partial charge in [0.15, 0.2) is 0 Å². The predicted octanol–water partition coefficient (Wildman–Crippen LogP) is 1.04. The normalized spacial score (nSPS) is 35.0. The predicted molar refractivity (Wildman–Crippen MR) is 56.0 cm³/mol. The lowest BCUT2D eigenvalue weighted by Crippen LogP contribution is -2.47. The fourth-order valence-corrected chi connectivity index (χ4v) is 2.06. The first kappa shape index (κ1) is 9.97. The van der Waals surface area contributed by atoms with Crippen molar-refractivity contribution in [1.29, 1.82) is 0 Å². The standard InChI is InChI=1S/C11H20N2O/c1-11(2)7-9(11)13-10(14)8-5-3-4-6-12-8/h8-9,12H,3-7H2,1-2H3,(H,13,14)/t8-,9?/m1/s1. The summed E-state index contributed by atoms with van der Waals surface area (Å²) in [5.74, 6) is 0.209. The molecule has 14 heavy (non-hydrogen) atoms. The van der Waals surface area contributed by atoms with E-state index in [9.17, 15) is 4.79 Å². The molecule has 1 unspecified atom stereocenters. The summed E-state index contributed by atoms with van der Waals surface area (Å²) in [6, 6.07) is 0.485. The molecule has 1 amide bonds. The minimum Gasteiger partial charge on any atom is -0.351 e. The number of hydrogen-bond acceptors (Lipinski definition) is 2. The number of piperidine rings is 1. The second-order valence-corrected chi connectivity index (χ2v) is 5.26. The van der Waals surface area contributed by atoms with E-state index < -0.39 is 0 Å². The molecular formula is C11H20N2O. The zero-order valence-corrected chi connectivity index (χ0v) is 9.10. The number of rotatable bonds is 2. The summed E-state index contributed by atoms with van der Waals surface area (Å²) in [7, 11) is 0. The first-order chi connectivity index (χ1) is 6.59. The van der Waals surface area contributed by atoms with Crippen molar-refractivity contribution >= 4 is 5.91 Å². The molecule has 80 valence electrons. The lowest BCUT2D eigenvalue weighted by Gasteiger charge is -2.22. The van der Waals surface area contributed by atoms with Crippen LogP contribution in [0.1, 0.15) is 39.5 Å². The number of amides is 1. The van der Waals surface area contributed by atoms with Gasteiger partial charge in [-0.25, -0.2) is 0 Å². The molecule has 0 aromatic carbocycles. The van der Waals surface area contributed by atoms with Gasteiger partial charge in [-0.3, -0.25) is 4.79 Å². The van der Waals surface area contributed by atoms with Crippen LogP contribution in [0.15, 0.2) is 0 Å². The van der Waals surface area contributed by atoms with Gasteiger partial charge in [0.05, 0.1) is 6.04 Å². The summed E-state index contributed by atoms with van der Waals surface area (Å²) in [6.45, 7) is 5.39. The van der Waals surface area contributed by atoms with Crippen LogP contribution in [0.4, 0.5) is 0 Å². The van der Waals surface area contributed by atoms with Crippen molar-refractivity contribution in [3.8, 4) is 0 Å². The van der Waals surface area contributed by atoms with Gasteiger partial charge in [0.1, 0.15) is 0 Å². The van der Waals surface area contributed by atoms with Gasteiger partial charge in [0.25, 0.3) is 0 Å². The monoisotopic (exact) mass is 196 g/mol. The summed E-state index contributed by atoms with van der Waals surface area (Å²) >= 11 is 0. The first-order valence-corrected chi connectivity index (χ1v) is 5.63. The summed E-state index contributed by atoms with van der Waals surface area (Å²) in [6.07, 6.45) is 4.52. The molecule has 2 N–H and O–H groups in total. The van der Waals surface area contributed by atoms with Gasteiger partial charge in [-0.05, 0) is 31.2 Å². The number of nitrogens with one attached hydrogen (secondary N) is 2. The van der Waals surface area contributed by atoms with Crippen LogP contribution in [0.25, 0.3) is 0 Å². The van der Waals surface area contributed by atoms with E-state index in [4.69, 9.17) is 0 Å². The maximum absolute atomic E-state index is 11.8. The van der Waals surface area contributed by atoms with Crippen molar-refractivity contribution in [2.24, 2.45) is 5.41 Å². The lowest BCUT2D eigenvalue weighted by atomic mass is 10.0. The maximum Gasteiger partial charge on any atom is 0.237 e. The largest absolute Gasteiger partial charge is 0.351 e. The van der Waals surface area contributed by atoms with E-state index in [2.05, 4.69) is 24.5 Å². The highest BCUT2D eigenvalue weighted by molar-refractivity contribution is 5.82. The van der Waals surface area contributed by atoms with Crippen LogP contribution in [0.3, 0.4) is 0 Å². The summed E-state index contributed by atoms with van der Waals surface area (Å²) in [5, 5.41) is 6.38. The van der Waals surface area contributed by atoms with E-state index in [0.29, 0.717) is 11.5 Å². The fraction of sp³-hybridized carbons (Fsp3) is 0.909. The van der Waals surface area contributed by atoms with Gasteiger partial charge < -0.3 is 10.6 Å². The molecule has 2 atom stereocenters. The molecule has 1 saturated heterocycles. The highest BCUT2D eigenvalue weighted by Gasteiger charge is 2.47. The van der Waals surface area contributed by atoms with Crippen LogP contribution < -0.4 is 10.6 Å². The molecular weight excluding hydrogens is 176 g/mol. The van der Waals surface area contributed by atoms with Gasteiger partial charge in [0, 0.05) is 6.04 Å². The molecule has 0 aromatic heterocycles. The van der Waals surface area contributed by atoms with Crippen LogP contribution in [-0.2, 0) is 4.79 Å². The Bertz CT molecular complexity index is 231. The topological polar surface area (TPSA) is 41.1 Å². The Morgan fingerprint density at radius 1 is 1.43 bits per heavy atom. The van der Waals surface area contributed by atoms with E-state index in [-0.39, 0.29) is 11.9 Å². The Kier molecular flexibility index (Phi) is 2.52. The van der Waals surface area contributed by atoms with E-state index in [0.717, 1.165) is 19.4 Å². The number of carbonyl (C=O) groups excluding carboxylic acids is 1. The Morgan fingerprint density at radius 3 is 2.64 bits per heavy atom. The van der Waals surface area contributed by atoms with Gasteiger partial charge in [0.2, 0.25) is 5.91 Å². The van der Waals surface area contributed by atoms with Gasteiger partial charge >= 0.3 is 0 Å². The third-order valence-corrected chi connectivity index (χ3v) is 3.46. The van der Waals surface area contributed by atoms with Crippen LogP contribution in [0, 0.1) is 5.41 Å². The minimum atomic E-state index is 0.0696. The molecule has 0 bridgehead atoms. The van der Waals surface area contributed by atoms with E-state index in [1.807, 2.05) is 0 Å². The average Bonchev–Trinajstić information content (AvgIpc) is 2.75. The summed E-state index contributed by atoms with van der Waals surface area (Å²) < 4.78 is 0. The van der Waals surface area contributed by atoms with Crippen molar-refractivity contribution in [2.45, 2.75) is 51.6 Å². The summed E-state index contributed by atoms with van der Waals surface area (Å²) in [4.78, 5) is 11.8. The molecule has 2 rings (SSSR count). The SMILES string of the molecule is CC1(C)CC1NC(=O)[C@H]1CCCCN1. The van der Waals surface area contributed by atoms with Gasteiger partial charge in [-0.15, -0.1) is 0 Å². The Labute approximate surface area is 85.6 Å². The second kappa shape index (κ2) is 3.54. The quantitative estimate of drug-likeness (QED) is 0.693. The third-order valence-electron chi connectivity index (χ3n) is 3.46. The van der Waals surface area contributed by atoms with E-state index >= 15 is 0 Å². The third kappa shape index (κ3) is 2.08. The summed E-state index contributed by atoms with van der Waals surface area (Å²) in [5.41, 5.74) is 0.338. The number of hydrogen-bond donors (Lipinski definition) is 2. The molecule has 2 aliphatic rings. The van der Waals surface area contributed by atoms with E-state index in [1.54, 1.807) is 0 Å². The smallest absolute Gasteiger partial charge is 0.237 e. The second-order valence-electron chi connectivity index (χ2n) is 5.26. The van der Waals surface area contributed by atoms with Crippen LogP contribution >= 0.6 is 0 Å². The molecule has 0 aromatic rings. The van der Waals surface area contributed by atoms with Crippen LogP contribution in [0.2, 0.25) is 0 Å². The van der Waals surface area contributed by atoms with Crippen LogP contribution in [-0.4, -0.2) is 24.5 Å². The average molecular weight is 196 g/mol. The molecule has 1 heterocycles. The number of carbonyl (C=O) groups is 1. The minimum absolute atomic E-state index is 0.0696. The van der Waals surface area contributed by atoms with Crippen LogP contribution in [0.5, 0.6) is 0 Å². The molecule has 0 spiro atoms. The molecule has 3 nitrogen and oxygen atoms in total. The molecule has 1 aliphatic heterocycles. The highest BCUT2D eigenvalue weighted by atomic mass is 16.2. The maximum atomic E-state index is 11.8. The Morgan fingerprint density at radius 2 is 2.14 bits per heavy atom.